The number of hydrogen-bond donors (Lipinski definition) is 1. The van der Waals surface area contributed by atoms with Gasteiger partial charge in [-0.1, -0.05) is 19.8 Å². The highest BCUT2D eigenvalue weighted by molar-refractivity contribution is 4.93. The third-order valence-corrected chi connectivity index (χ3v) is 1.43. The second-order valence-electron chi connectivity index (χ2n) is 2.24. The molecule has 0 saturated heterocycles. The first-order valence-corrected chi connectivity index (χ1v) is 3.51. The van der Waals surface area contributed by atoms with Crippen molar-refractivity contribution >= 4 is 0 Å². The predicted octanol–water partition coefficient (Wildman–Crippen LogP) is 1.38. The van der Waals surface area contributed by atoms with E-state index in [0.717, 1.165) is 6.42 Å². The van der Waals surface area contributed by atoms with Crippen molar-refractivity contribution in [3.8, 4) is 12.3 Å². The molecule has 52 valence electrons. The summed E-state index contributed by atoms with van der Waals surface area (Å²) in [6.45, 7) is 2.79. The average molecular weight is 125 g/mol. The smallest absolute Gasteiger partial charge is 0.0322 e. The van der Waals surface area contributed by atoms with Crippen LogP contribution < -0.4 is 5.73 Å². The molecule has 0 aliphatic rings. The van der Waals surface area contributed by atoms with Gasteiger partial charge < -0.3 is 5.73 Å². The molecule has 0 unspecified atom stereocenters. The maximum atomic E-state index is 5.38. The third kappa shape index (κ3) is 4.05. The zero-order valence-electron chi connectivity index (χ0n) is 6.06. The summed E-state index contributed by atoms with van der Waals surface area (Å²) in [4.78, 5) is 0. The molecule has 0 aliphatic heterocycles. The Labute approximate surface area is 57.6 Å². The van der Waals surface area contributed by atoms with Crippen LogP contribution in [0.25, 0.3) is 0 Å². The van der Waals surface area contributed by atoms with Crippen LogP contribution in [-0.2, 0) is 0 Å². The molecule has 0 aromatic carbocycles. The number of hydrogen-bond acceptors (Lipinski definition) is 1. The summed E-state index contributed by atoms with van der Waals surface area (Å²) < 4.78 is 0. The van der Waals surface area contributed by atoms with Crippen LogP contribution in [0.3, 0.4) is 0 Å². The highest BCUT2D eigenvalue weighted by atomic mass is 14.5. The van der Waals surface area contributed by atoms with Gasteiger partial charge in [0.25, 0.3) is 0 Å². The van der Waals surface area contributed by atoms with Gasteiger partial charge in [-0.3, -0.25) is 0 Å². The number of nitrogens with two attached hydrogens (primary N) is 1. The van der Waals surface area contributed by atoms with Gasteiger partial charge in [-0.15, -0.1) is 12.3 Å². The molecule has 0 bridgehead atoms. The summed E-state index contributed by atoms with van der Waals surface area (Å²) >= 11 is 0. The number of rotatable bonds is 4. The second-order valence-corrected chi connectivity index (χ2v) is 2.24. The van der Waals surface area contributed by atoms with Gasteiger partial charge in [0.15, 0.2) is 0 Å². The molecule has 9 heavy (non-hydrogen) atoms. The van der Waals surface area contributed by atoms with Crippen molar-refractivity contribution in [3.63, 3.8) is 0 Å². The maximum absolute atomic E-state index is 5.38. The molecule has 1 atom stereocenters. The minimum absolute atomic E-state index is 0.310. The van der Waals surface area contributed by atoms with Gasteiger partial charge >= 0.3 is 0 Å². The van der Waals surface area contributed by atoms with Crippen LogP contribution in [0.2, 0.25) is 0 Å². The normalized spacial score (nSPS) is 12.6. The fraction of sp³-hybridized carbons (Fsp3) is 0.750. The van der Waals surface area contributed by atoms with Crippen LogP contribution in [-0.4, -0.2) is 6.54 Å². The first kappa shape index (κ1) is 8.52. The molecule has 0 amide bonds. The monoisotopic (exact) mass is 125 g/mol. The Morgan fingerprint density at radius 1 is 1.67 bits per heavy atom. The first-order valence-electron chi connectivity index (χ1n) is 3.51. The van der Waals surface area contributed by atoms with E-state index >= 15 is 0 Å². The molecule has 0 spiro atoms. The number of terminal acetylenes is 1. The van der Waals surface area contributed by atoms with Crippen LogP contribution in [0.1, 0.15) is 26.2 Å². The highest BCUT2D eigenvalue weighted by Gasteiger charge is 1.98. The van der Waals surface area contributed by atoms with Crippen molar-refractivity contribution in [2.45, 2.75) is 26.2 Å². The zero-order valence-corrected chi connectivity index (χ0v) is 6.06. The van der Waals surface area contributed by atoms with Crippen LogP contribution in [0.15, 0.2) is 0 Å². The van der Waals surface area contributed by atoms with E-state index in [9.17, 15) is 0 Å². The van der Waals surface area contributed by atoms with E-state index < -0.39 is 0 Å². The van der Waals surface area contributed by atoms with Crippen molar-refractivity contribution in [2.75, 3.05) is 6.54 Å². The topological polar surface area (TPSA) is 26.0 Å². The minimum Gasteiger partial charge on any atom is -0.329 e. The Bertz CT molecular complexity index is 91.2. The molecule has 1 nitrogen and oxygen atoms in total. The van der Waals surface area contributed by atoms with Crippen molar-refractivity contribution in [2.24, 2.45) is 11.7 Å². The van der Waals surface area contributed by atoms with Crippen molar-refractivity contribution < 1.29 is 0 Å². The second kappa shape index (κ2) is 5.65. The molecular formula is C8H15N. The van der Waals surface area contributed by atoms with Gasteiger partial charge in [0, 0.05) is 12.5 Å². The summed E-state index contributed by atoms with van der Waals surface area (Å²) in [6.07, 6.45) is 8.69. The first-order chi connectivity index (χ1) is 4.35. The van der Waals surface area contributed by atoms with E-state index in [1.54, 1.807) is 0 Å². The van der Waals surface area contributed by atoms with Gasteiger partial charge in [0.1, 0.15) is 0 Å². The standard InChI is InChI=1S/C8H15N/c1-3-5-6-8(4-2)7-9/h2,8H,3,5-7,9H2,1H3/t8-/m1/s1. The summed E-state index contributed by atoms with van der Waals surface area (Å²) in [5.41, 5.74) is 5.38. The average Bonchev–Trinajstić information content (AvgIpc) is 1.91. The van der Waals surface area contributed by atoms with E-state index in [0.29, 0.717) is 12.5 Å². The summed E-state index contributed by atoms with van der Waals surface area (Å²) in [5.74, 6) is 2.97. The van der Waals surface area contributed by atoms with E-state index in [1.807, 2.05) is 0 Å². The zero-order chi connectivity index (χ0) is 7.11. The maximum Gasteiger partial charge on any atom is 0.0322 e. The van der Waals surface area contributed by atoms with Crippen molar-refractivity contribution in [3.05, 3.63) is 0 Å². The van der Waals surface area contributed by atoms with Gasteiger partial charge in [0.05, 0.1) is 0 Å². The molecule has 0 radical (unpaired) electrons. The summed E-state index contributed by atoms with van der Waals surface area (Å²) in [6, 6.07) is 0. The summed E-state index contributed by atoms with van der Waals surface area (Å²) in [7, 11) is 0. The van der Waals surface area contributed by atoms with E-state index in [2.05, 4.69) is 12.8 Å². The van der Waals surface area contributed by atoms with Gasteiger partial charge in [-0.25, -0.2) is 0 Å². The summed E-state index contributed by atoms with van der Waals surface area (Å²) in [5, 5.41) is 0. The number of unbranched alkanes of at least 4 members (excludes halogenated alkanes) is 1. The molecule has 1 heteroatoms. The van der Waals surface area contributed by atoms with Crippen molar-refractivity contribution in [1.82, 2.24) is 0 Å². The molecule has 0 heterocycles. The minimum atomic E-state index is 0.310. The van der Waals surface area contributed by atoms with Crippen LogP contribution in [0, 0.1) is 18.3 Å². The Kier molecular flexibility index (Phi) is 5.35. The lowest BCUT2D eigenvalue weighted by molar-refractivity contribution is 0.580. The lowest BCUT2D eigenvalue weighted by Gasteiger charge is -2.03. The van der Waals surface area contributed by atoms with Crippen LogP contribution in [0.5, 0.6) is 0 Å². The molecule has 0 aliphatic carbocycles. The molecule has 2 N–H and O–H groups in total. The van der Waals surface area contributed by atoms with Gasteiger partial charge in [-0.05, 0) is 6.42 Å². The van der Waals surface area contributed by atoms with Crippen LogP contribution in [0.4, 0.5) is 0 Å². The fourth-order valence-corrected chi connectivity index (χ4v) is 0.720. The van der Waals surface area contributed by atoms with E-state index in [4.69, 9.17) is 12.2 Å². The fourth-order valence-electron chi connectivity index (χ4n) is 0.720. The van der Waals surface area contributed by atoms with Gasteiger partial charge in [-0.2, -0.15) is 0 Å². The molecule has 0 saturated carbocycles. The Morgan fingerprint density at radius 2 is 2.33 bits per heavy atom. The van der Waals surface area contributed by atoms with Gasteiger partial charge in [0.2, 0.25) is 0 Å². The predicted molar refractivity (Wildman–Crippen MR) is 40.9 cm³/mol. The van der Waals surface area contributed by atoms with E-state index in [1.165, 1.54) is 12.8 Å². The molecule has 0 fully saturated rings. The van der Waals surface area contributed by atoms with Crippen LogP contribution >= 0.6 is 0 Å². The third-order valence-electron chi connectivity index (χ3n) is 1.43. The van der Waals surface area contributed by atoms with Crippen molar-refractivity contribution in [1.29, 1.82) is 0 Å². The lowest BCUT2D eigenvalue weighted by atomic mass is 10.0. The molecular weight excluding hydrogens is 110 g/mol. The molecule has 0 aromatic heterocycles. The molecule has 0 aromatic rings. The Hall–Kier alpha value is -0.480. The SMILES string of the molecule is C#C[C@@H](CN)CCCC. The van der Waals surface area contributed by atoms with E-state index in [-0.39, 0.29) is 0 Å². The Balaban J connectivity index is 3.23. The Morgan fingerprint density at radius 3 is 2.67 bits per heavy atom. The lowest BCUT2D eigenvalue weighted by Crippen LogP contribution is -2.11. The quantitative estimate of drug-likeness (QED) is 0.564. The highest BCUT2D eigenvalue weighted by Crippen LogP contribution is 2.04. The molecule has 0 rings (SSSR count). The largest absolute Gasteiger partial charge is 0.329 e.